The summed E-state index contributed by atoms with van der Waals surface area (Å²) in [7, 11) is 0. The third-order valence-corrected chi connectivity index (χ3v) is 5.50. The van der Waals surface area contributed by atoms with Gasteiger partial charge in [0.05, 0.1) is 6.26 Å². The quantitative estimate of drug-likeness (QED) is 0.366. The summed E-state index contributed by atoms with van der Waals surface area (Å²) in [4.78, 5) is 0. The first-order valence-corrected chi connectivity index (χ1v) is 9.91. The van der Waals surface area contributed by atoms with Gasteiger partial charge < -0.3 is 8.94 Å². The fraction of sp³-hybridized carbons (Fsp3) is 0.167. The summed E-state index contributed by atoms with van der Waals surface area (Å²) in [5.74, 6) is 2.37. The number of hydrogen-bond acceptors (Lipinski definition) is 6. The lowest BCUT2D eigenvalue weighted by Gasteiger charge is -2.04. The molecule has 27 heavy (non-hydrogen) atoms. The van der Waals surface area contributed by atoms with Gasteiger partial charge in [-0.25, -0.2) is 0 Å². The van der Waals surface area contributed by atoms with Crippen LogP contribution in [0.25, 0.3) is 22.9 Å². The number of furan rings is 1. The zero-order chi connectivity index (χ0) is 18.8. The molecule has 3 heterocycles. The molecular formula is C18H14Cl2N4O2S. The maximum Gasteiger partial charge on any atom is 0.200 e. The number of nitrogens with zero attached hydrogens (tertiary/aromatic N) is 4. The van der Waals surface area contributed by atoms with E-state index in [1.165, 1.54) is 11.8 Å². The summed E-state index contributed by atoms with van der Waals surface area (Å²) >= 11 is 14.0. The van der Waals surface area contributed by atoms with Crippen molar-refractivity contribution in [2.24, 2.45) is 0 Å². The van der Waals surface area contributed by atoms with E-state index in [1.54, 1.807) is 18.4 Å². The summed E-state index contributed by atoms with van der Waals surface area (Å²) in [6, 6.07) is 11.0. The van der Waals surface area contributed by atoms with E-state index in [0.29, 0.717) is 45.4 Å². The minimum atomic E-state index is 0.471. The molecule has 0 spiro atoms. The normalized spacial score (nSPS) is 11.2. The van der Waals surface area contributed by atoms with Crippen molar-refractivity contribution in [2.75, 3.05) is 0 Å². The van der Waals surface area contributed by atoms with Gasteiger partial charge in [-0.3, -0.25) is 4.57 Å². The molecule has 9 heteroatoms. The van der Waals surface area contributed by atoms with Crippen molar-refractivity contribution >= 4 is 35.0 Å². The fourth-order valence-electron chi connectivity index (χ4n) is 2.61. The highest BCUT2D eigenvalue weighted by molar-refractivity contribution is 7.98. The van der Waals surface area contributed by atoms with Crippen LogP contribution in [-0.4, -0.2) is 19.9 Å². The Kier molecular flexibility index (Phi) is 5.24. The highest BCUT2D eigenvalue weighted by atomic mass is 35.5. The lowest BCUT2D eigenvalue weighted by molar-refractivity contribution is 0.426. The van der Waals surface area contributed by atoms with Crippen LogP contribution in [-0.2, 0) is 12.3 Å². The lowest BCUT2D eigenvalue weighted by Crippen LogP contribution is -1.99. The van der Waals surface area contributed by atoms with Gasteiger partial charge in [-0.1, -0.05) is 52.3 Å². The number of benzene rings is 1. The van der Waals surface area contributed by atoms with Crippen LogP contribution in [0.4, 0.5) is 0 Å². The van der Waals surface area contributed by atoms with E-state index in [4.69, 9.17) is 32.1 Å². The highest BCUT2D eigenvalue weighted by Gasteiger charge is 2.19. The molecular weight excluding hydrogens is 407 g/mol. The predicted molar refractivity (Wildman–Crippen MR) is 105 cm³/mol. The Bertz CT molecular complexity index is 1060. The second-order valence-electron chi connectivity index (χ2n) is 5.60. The van der Waals surface area contributed by atoms with Crippen LogP contribution >= 0.6 is 35.0 Å². The summed E-state index contributed by atoms with van der Waals surface area (Å²) in [5.41, 5.74) is 1.43. The van der Waals surface area contributed by atoms with Gasteiger partial charge in [0.1, 0.15) is 10.7 Å². The van der Waals surface area contributed by atoms with Crippen molar-refractivity contribution in [3.8, 4) is 22.9 Å². The summed E-state index contributed by atoms with van der Waals surface area (Å²) in [6.07, 6.45) is 1.61. The number of thioether (sulfide) groups is 1. The van der Waals surface area contributed by atoms with Gasteiger partial charge in [0, 0.05) is 22.9 Å². The van der Waals surface area contributed by atoms with Gasteiger partial charge in [-0.15, -0.1) is 10.2 Å². The molecule has 1 aromatic carbocycles. The van der Waals surface area contributed by atoms with Crippen LogP contribution in [0.2, 0.25) is 10.0 Å². The Hall–Kier alpha value is -2.22. The molecule has 0 amide bonds. The summed E-state index contributed by atoms with van der Waals surface area (Å²) in [5, 5.41) is 14.4. The zero-order valence-corrected chi connectivity index (χ0v) is 16.6. The Labute approximate surface area is 169 Å². The Morgan fingerprint density at radius 1 is 1.15 bits per heavy atom. The van der Waals surface area contributed by atoms with E-state index >= 15 is 0 Å². The zero-order valence-electron chi connectivity index (χ0n) is 14.2. The molecule has 0 saturated carbocycles. The van der Waals surface area contributed by atoms with Crippen molar-refractivity contribution in [3.63, 3.8) is 0 Å². The molecule has 0 aliphatic heterocycles. The molecule has 0 unspecified atom stereocenters. The number of halogens is 2. The summed E-state index contributed by atoms with van der Waals surface area (Å²) < 4.78 is 12.8. The molecule has 0 atom stereocenters. The van der Waals surface area contributed by atoms with Crippen LogP contribution < -0.4 is 0 Å². The van der Waals surface area contributed by atoms with Crippen LogP contribution in [0.15, 0.2) is 56.8 Å². The second-order valence-corrected chi connectivity index (χ2v) is 7.36. The maximum absolute atomic E-state index is 6.47. The third kappa shape index (κ3) is 3.63. The largest absolute Gasteiger partial charge is 0.461 e. The van der Waals surface area contributed by atoms with Gasteiger partial charge in [-0.05, 0) is 31.2 Å². The minimum absolute atomic E-state index is 0.471. The van der Waals surface area contributed by atoms with Crippen molar-refractivity contribution < 1.29 is 8.94 Å². The third-order valence-electron chi connectivity index (χ3n) is 3.90. The summed E-state index contributed by atoms with van der Waals surface area (Å²) in [6.45, 7) is 2.74. The standard InChI is InChI=1S/C18H14Cl2N4O2S/c1-2-24-17(14-7-4-8-25-14)21-22-18(24)27-10-13-15(20)16(26-23-13)11-5-3-6-12(19)9-11/h3-9H,2,10H2,1H3. The molecule has 0 aliphatic carbocycles. The van der Waals surface area contributed by atoms with Crippen molar-refractivity contribution in [1.29, 1.82) is 0 Å². The molecule has 6 nitrogen and oxygen atoms in total. The molecule has 0 fully saturated rings. The van der Waals surface area contributed by atoms with Gasteiger partial charge >= 0.3 is 0 Å². The van der Waals surface area contributed by atoms with Gasteiger partial charge in [-0.2, -0.15) is 0 Å². The first kappa shape index (κ1) is 18.2. The van der Waals surface area contributed by atoms with Gasteiger partial charge in [0.2, 0.25) is 0 Å². The molecule has 3 aromatic heterocycles. The van der Waals surface area contributed by atoms with Gasteiger partial charge in [0.25, 0.3) is 0 Å². The fourth-order valence-corrected chi connectivity index (χ4v) is 4.06. The Morgan fingerprint density at radius 2 is 2.04 bits per heavy atom. The first-order chi connectivity index (χ1) is 13.2. The Balaban J connectivity index is 1.55. The van der Waals surface area contributed by atoms with Gasteiger partial charge in [0.15, 0.2) is 22.5 Å². The average molecular weight is 421 g/mol. The number of aromatic nitrogens is 4. The molecule has 0 N–H and O–H groups in total. The van der Waals surface area contributed by atoms with E-state index < -0.39 is 0 Å². The molecule has 0 bridgehead atoms. The molecule has 4 rings (SSSR count). The van der Waals surface area contributed by atoms with Crippen LogP contribution in [0.3, 0.4) is 0 Å². The van der Waals surface area contributed by atoms with E-state index in [-0.39, 0.29) is 0 Å². The monoisotopic (exact) mass is 420 g/mol. The van der Waals surface area contributed by atoms with Crippen LogP contribution in [0.5, 0.6) is 0 Å². The highest BCUT2D eigenvalue weighted by Crippen LogP contribution is 2.35. The van der Waals surface area contributed by atoms with Crippen LogP contribution in [0.1, 0.15) is 12.6 Å². The SMILES string of the molecule is CCn1c(SCc2noc(-c3cccc(Cl)c3)c2Cl)nnc1-c1ccco1. The number of rotatable bonds is 6. The van der Waals surface area contributed by atoms with E-state index in [2.05, 4.69) is 15.4 Å². The maximum atomic E-state index is 6.47. The van der Waals surface area contributed by atoms with Crippen molar-refractivity contribution in [1.82, 2.24) is 19.9 Å². The molecule has 0 saturated heterocycles. The molecule has 4 aromatic rings. The number of hydrogen-bond donors (Lipinski definition) is 0. The smallest absolute Gasteiger partial charge is 0.200 e. The Morgan fingerprint density at radius 3 is 2.78 bits per heavy atom. The van der Waals surface area contributed by atoms with E-state index in [9.17, 15) is 0 Å². The molecule has 0 aliphatic rings. The van der Waals surface area contributed by atoms with E-state index in [0.717, 1.165) is 10.7 Å². The van der Waals surface area contributed by atoms with E-state index in [1.807, 2.05) is 35.8 Å². The molecule has 138 valence electrons. The average Bonchev–Trinajstić information content (AvgIpc) is 3.39. The van der Waals surface area contributed by atoms with Crippen LogP contribution in [0, 0.1) is 0 Å². The lowest BCUT2D eigenvalue weighted by atomic mass is 10.1. The van der Waals surface area contributed by atoms with Crippen molar-refractivity contribution in [2.45, 2.75) is 24.4 Å². The predicted octanol–water partition coefficient (Wildman–Crippen LogP) is 5.81. The van der Waals surface area contributed by atoms with Crippen molar-refractivity contribution in [3.05, 3.63) is 58.4 Å². The molecule has 0 radical (unpaired) electrons. The second kappa shape index (κ2) is 7.80. The minimum Gasteiger partial charge on any atom is -0.461 e. The first-order valence-electron chi connectivity index (χ1n) is 8.17. The topological polar surface area (TPSA) is 69.9 Å².